The topological polar surface area (TPSA) is 67.9 Å². The number of carbonyl (C=O) groups is 2. The van der Waals surface area contributed by atoms with E-state index in [4.69, 9.17) is 27.9 Å². The van der Waals surface area contributed by atoms with Crippen LogP contribution in [0.3, 0.4) is 0 Å². The third-order valence-electron chi connectivity index (χ3n) is 3.60. The van der Waals surface area contributed by atoms with Crippen molar-refractivity contribution < 1.29 is 19.1 Å². The van der Waals surface area contributed by atoms with E-state index in [2.05, 4.69) is 10.1 Å². The lowest BCUT2D eigenvalue weighted by Gasteiger charge is -2.32. The van der Waals surface area contributed by atoms with Crippen molar-refractivity contribution in [2.45, 2.75) is 18.9 Å². The number of methoxy groups -OCH3 is 1. The first-order valence-corrected chi connectivity index (χ1v) is 7.95. The van der Waals surface area contributed by atoms with Gasteiger partial charge < -0.3 is 19.7 Å². The van der Waals surface area contributed by atoms with Gasteiger partial charge in [0.25, 0.3) is 5.91 Å². The third-order valence-corrected chi connectivity index (χ3v) is 4.13. The molecule has 0 radical (unpaired) electrons. The van der Waals surface area contributed by atoms with Crippen LogP contribution < -0.4 is 10.1 Å². The second-order valence-electron chi connectivity index (χ2n) is 5.15. The van der Waals surface area contributed by atoms with Gasteiger partial charge in [-0.3, -0.25) is 4.79 Å². The number of hydrogen-bond donors (Lipinski definition) is 1. The summed E-state index contributed by atoms with van der Waals surface area (Å²) in [5.41, 5.74) is 0. The lowest BCUT2D eigenvalue weighted by Crippen LogP contribution is -2.47. The molecular formula is C15H18Cl2N2O4. The number of benzene rings is 1. The highest BCUT2D eigenvalue weighted by atomic mass is 35.5. The van der Waals surface area contributed by atoms with Crippen molar-refractivity contribution in [2.24, 2.45) is 0 Å². The first-order valence-electron chi connectivity index (χ1n) is 7.19. The zero-order valence-corrected chi connectivity index (χ0v) is 14.2. The lowest BCUT2D eigenvalue weighted by atomic mass is 10.1. The highest BCUT2D eigenvalue weighted by Gasteiger charge is 2.24. The van der Waals surface area contributed by atoms with Crippen LogP contribution in [0.4, 0.5) is 4.79 Å². The van der Waals surface area contributed by atoms with E-state index < -0.39 is 6.09 Å². The Labute approximate surface area is 144 Å². The number of rotatable bonds is 4. The first kappa shape index (κ1) is 17.7. The van der Waals surface area contributed by atoms with E-state index in [9.17, 15) is 9.59 Å². The fraction of sp³-hybridized carbons (Fsp3) is 0.467. The van der Waals surface area contributed by atoms with E-state index >= 15 is 0 Å². The number of amides is 2. The second-order valence-corrected chi connectivity index (χ2v) is 6.00. The summed E-state index contributed by atoms with van der Waals surface area (Å²) >= 11 is 11.8. The highest BCUT2D eigenvalue weighted by molar-refractivity contribution is 6.35. The molecule has 2 amide bonds. The van der Waals surface area contributed by atoms with Gasteiger partial charge in [-0.05, 0) is 31.0 Å². The molecule has 8 heteroatoms. The molecule has 23 heavy (non-hydrogen) atoms. The number of ether oxygens (including phenoxy) is 2. The molecule has 1 N–H and O–H groups in total. The van der Waals surface area contributed by atoms with Crippen LogP contribution in [0.5, 0.6) is 5.75 Å². The van der Waals surface area contributed by atoms with Gasteiger partial charge in [-0.25, -0.2) is 4.79 Å². The smallest absolute Gasteiger partial charge is 0.407 e. The van der Waals surface area contributed by atoms with Crippen LogP contribution in [0.2, 0.25) is 10.0 Å². The van der Waals surface area contributed by atoms with Crippen molar-refractivity contribution in [3.05, 3.63) is 28.2 Å². The van der Waals surface area contributed by atoms with Gasteiger partial charge in [-0.1, -0.05) is 23.2 Å². The number of nitrogens with zero attached hydrogens (tertiary/aromatic N) is 1. The fourth-order valence-corrected chi connectivity index (χ4v) is 2.78. The standard InChI is InChI=1S/C15H18Cl2N2O4/c1-22-15(21)18-11-4-6-19(7-5-11)14(20)9-23-13-3-2-10(16)8-12(13)17/h2-3,8,11H,4-7,9H2,1H3,(H,18,21). The minimum atomic E-state index is -0.449. The van der Waals surface area contributed by atoms with Crippen LogP contribution in [0, 0.1) is 0 Å². The van der Waals surface area contributed by atoms with Gasteiger partial charge in [-0.15, -0.1) is 0 Å². The van der Waals surface area contributed by atoms with Crippen LogP contribution in [-0.4, -0.2) is 49.7 Å². The number of nitrogens with one attached hydrogen (secondary N) is 1. The van der Waals surface area contributed by atoms with Crippen LogP contribution in [-0.2, 0) is 9.53 Å². The Morgan fingerprint density at radius 2 is 2.00 bits per heavy atom. The van der Waals surface area contributed by atoms with E-state index in [-0.39, 0.29) is 18.6 Å². The maximum Gasteiger partial charge on any atom is 0.407 e. The summed E-state index contributed by atoms with van der Waals surface area (Å²) in [4.78, 5) is 25.0. The van der Waals surface area contributed by atoms with Crippen molar-refractivity contribution >= 4 is 35.2 Å². The van der Waals surface area contributed by atoms with Crippen LogP contribution in [0.15, 0.2) is 18.2 Å². The number of piperidine rings is 1. The molecular weight excluding hydrogens is 343 g/mol. The van der Waals surface area contributed by atoms with Crippen LogP contribution in [0.1, 0.15) is 12.8 Å². The van der Waals surface area contributed by atoms with E-state index in [0.717, 1.165) is 0 Å². The van der Waals surface area contributed by atoms with Gasteiger partial charge in [0.1, 0.15) is 5.75 Å². The number of halogens is 2. The molecule has 0 aromatic heterocycles. The fourth-order valence-electron chi connectivity index (χ4n) is 2.32. The number of hydrogen-bond acceptors (Lipinski definition) is 4. The minimum absolute atomic E-state index is 0.0260. The molecule has 1 fully saturated rings. The molecule has 0 aliphatic carbocycles. The Kier molecular flexibility index (Phi) is 6.36. The monoisotopic (exact) mass is 360 g/mol. The van der Waals surface area contributed by atoms with Gasteiger partial charge in [0.2, 0.25) is 0 Å². The summed E-state index contributed by atoms with van der Waals surface area (Å²) in [7, 11) is 1.33. The molecule has 0 bridgehead atoms. The molecule has 1 aromatic rings. The van der Waals surface area contributed by atoms with E-state index in [1.165, 1.54) is 7.11 Å². The molecule has 0 atom stereocenters. The molecule has 2 rings (SSSR count). The molecule has 1 aliphatic rings. The zero-order chi connectivity index (χ0) is 16.8. The summed E-state index contributed by atoms with van der Waals surface area (Å²) in [6.45, 7) is 1.03. The second kappa shape index (κ2) is 8.26. The van der Waals surface area contributed by atoms with Crippen LogP contribution in [0.25, 0.3) is 0 Å². The van der Waals surface area contributed by atoms with E-state index in [1.54, 1.807) is 23.1 Å². The van der Waals surface area contributed by atoms with Gasteiger partial charge in [-0.2, -0.15) is 0 Å². The predicted octanol–water partition coefficient (Wildman–Crippen LogP) is 2.72. The quantitative estimate of drug-likeness (QED) is 0.896. The van der Waals surface area contributed by atoms with E-state index in [0.29, 0.717) is 41.7 Å². The van der Waals surface area contributed by atoms with Gasteiger partial charge >= 0.3 is 6.09 Å². The van der Waals surface area contributed by atoms with Crippen LogP contribution >= 0.6 is 23.2 Å². The van der Waals surface area contributed by atoms with E-state index in [1.807, 2.05) is 0 Å². The highest BCUT2D eigenvalue weighted by Crippen LogP contribution is 2.27. The summed E-state index contributed by atoms with van der Waals surface area (Å²) in [5, 5.41) is 3.61. The Hall–Kier alpha value is -1.66. The SMILES string of the molecule is COC(=O)NC1CCN(C(=O)COc2ccc(Cl)cc2Cl)CC1. The molecule has 1 aromatic carbocycles. The van der Waals surface area contributed by atoms with Gasteiger partial charge in [0, 0.05) is 24.2 Å². The molecule has 0 unspecified atom stereocenters. The molecule has 1 aliphatic heterocycles. The molecule has 1 heterocycles. The number of likely N-dealkylation sites (tertiary alicyclic amines) is 1. The van der Waals surface area contributed by atoms with Crippen molar-refractivity contribution in [1.29, 1.82) is 0 Å². The minimum Gasteiger partial charge on any atom is -0.482 e. The Balaban J connectivity index is 1.78. The molecule has 0 spiro atoms. The number of alkyl carbamates (subject to hydrolysis) is 1. The van der Waals surface area contributed by atoms with Crippen molar-refractivity contribution in [2.75, 3.05) is 26.8 Å². The summed E-state index contributed by atoms with van der Waals surface area (Å²) in [6.07, 6.45) is 0.918. The average Bonchev–Trinajstić information content (AvgIpc) is 2.54. The molecule has 1 saturated heterocycles. The molecule has 126 valence electrons. The maximum atomic E-state index is 12.2. The van der Waals surface area contributed by atoms with Crippen molar-refractivity contribution in [1.82, 2.24) is 10.2 Å². The average molecular weight is 361 g/mol. The number of carbonyl (C=O) groups excluding carboxylic acids is 2. The predicted molar refractivity (Wildman–Crippen MR) is 87.1 cm³/mol. The van der Waals surface area contributed by atoms with Crippen molar-refractivity contribution in [3.8, 4) is 5.75 Å². The summed E-state index contributed by atoms with van der Waals surface area (Å²) in [6, 6.07) is 4.87. The maximum absolute atomic E-state index is 12.2. The first-order chi connectivity index (χ1) is 11.0. The Bertz CT molecular complexity index is 575. The molecule has 0 saturated carbocycles. The lowest BCUT2D eigenvalue weighted by molar-refractivity contribution is -0.134. The van der Waals surface area contributed by atoms with Gasteiger partial charge in [0.05, 0.1) is 12.1 Å². The summed E-state index contributed by atoms with van der Waals surface area (Å²) < 4.78 is 10.0. The zero-order valence-electron chi connectivity index (χ0n) is 12.7. The van der Waals surface area contributed by atoms with Gasteiger partial charge in [0.15, 0.2) is 6.61 Å². The molecule has 6 nitrogen and oxygen atoms in total. The summed E-state index contributed by atoms with van der Waals surface area (Å²) in [5.74, 6) is 0.305. The largest absolute Gasteiger partial charge is 0.482 e. The normalized spacial score (nSPS) is 15.2. The third kappa shape index (κ3) is 5.18. The Morgan fingerprint density at radius 3 is 2.61 bits per heavy atom. The Morgan fingerprint density at radius 1 is 1.30 bits per heavy atom. The van der Waals surface area contributed by atoms with Crippen molar-refractivity contribution in [3.63, 3.8) is 0 Å².